The lowest BCUT2D eigenvalue weighted by Gasteiger charge is -2.14. The van der Waals surface area contributed by atoms with Crippen molar-refractivity contribution in [1.29, 1.82) is 0 Å². The summed E-state index contributed by atoms with van der Waals surface area (Å²) < 4.78 is 2.14. The molecule has 19 heavy (non-hydrogen) atoms. The minimum Gasteiger partial charge on any atom is -0.352 e. The Bertz CT molecular complexity index is 556. The van der Waals surface area contributed by atoms with Gasteiger partial charge in [0.25, 0.3) is 0 Å². The predicted octanol–water partition coefficient (Wildman–Crippen LogP) is 3.42. The minimum atomic E-state index is 0.193. The van der Waals surface area contributed by atoms with E-state index in [1.165, 1.54) is 4.88 Å². The van der Waals surface area contributed by atoms with Crippen molar-refractivity contribution < 1.29 is 0 Å². The molecule has 2 rings (SSSR count). The third-order valence-electron chi connectivity index (χ3n) is 2.95. The highest BCUT2D eigenvalue weighted by Crippen LogP contribution is 2.26. The molecule has 4 nitrogen and oxygen atoms in total. The molecule has 0 aliphatic rings. The van der Waals surface area contributed by atoms with Crippen molar-refractivity contribution in [2.24, 2.45) is 0 Å². The summed E-state index contributed by atoms with van der Waals surface area (Å²) in [5.74, 6) is 0.873. The Hall–Kier alpha value is -1.62. The maximum atomic E-state index is 4.52. The molecule has 0 spiro atoms. The Morgan fingerprint density at radius 3 is 3.00 bits per heavy atom. The van der Waals surface area contributed by atoms with Crippen molar-refractivity contribution in [2.45, 2.75) is 33.2 Å². The zero-order chi connectivity index (χ0) is 13.8. The highest BCUT2D eigenvalue weighted by Gasteiger charge is 2.16. The topological polar surface area (TPSA) is 42.7 Å². The van der Waals surface area contributed by atoms with Gasteiger partial charge in [0.15, 0.2) is 0 Å². The molecule has 0 aliphatic carbocycles. The molecular weight excluding hydrogens is 256 g/mol. The number of hydrogen-bond donors (Lipinski definition) is 1. The Balaban J connectivity index is 2.26. The second-order valence-corrected chi connectivity index (χ2v) is 5.62. The van der Waals surface area contributed by atoms with Crippen LogP contribution in [0.5, 0.6) is 0 Å². The van der Waals surface area contributed by atoms with Gasteiger partial charge in [-0.05, 0) is 20.3 Å². The Labute approximate surface area is 118 Å². The van der Waals surface area contributed by atoms with Crippen LogP contribution in [-0.4, -0.2) is 21.1 Å². The molecule has 0 aromatic carbocycles. The van der Waals surface area contributed by atoms with E-state index < -0.39 is 0 Å². The van der Waals surface area contributed by atoms with Crippen LogP contribution in [0.3, 0.4) is 0 Å². The Kier molecular flexibility index (Phi) is 4.37. The molecule has 0 bridgehead atoms. The van der Waals surface area contributed by atoms with E-state index in [0.29, 0.717) is 6.54 Å². The normalized spacial score (nSPS) is 12.4. The number of aromatic nitrogens is 3. The van der Waals surface area contributed by atoms with Gasteiger partial charge >= 0.3 is 0 Å². The molecule has 0 radical (unpaired) electrons. The Morgan fingerprint density at radius 2 is 2.37 bits per heavy atom. The molecule has 1 atom stereocenters. The minimum absolute atomic E-state index is 0.193. The molecule has 1 unspecified atom stereocenters. The van der Waals surface area contributed by atoms with Crippen molar-refractivity contribution in [3.63, 3.8) is 0 Å². The van der Waals surface area contributed by atoms with Gasteiger partial charge < -0.3 is 9.88 Å². The zero-order valence-corrected chi connectivity index (χ0v) is 12.5. The first-order chi connectivity index (χ1) is 9.15. The monoisotopic (exact) mass is 276 g/mol. The van der Waals surface area contributed by atoms with Crippen molar-refractivity contribution >= 4 is 17.3 Å². The molecule has 2 heterocycles. The lowest BCUT2D eigenvalue weighted by Crippen LogP contribution is -2.11. The molecule has 0 saturated carbocycles. The average Bonchev–Trinajstić information content (AvgIpc) is 3.01. The van der Waals surface area contributed by atoms with E-state index in [0.717, 1.165) is 23.1 Å². The lowest BCUT2D eigenvalue weighted by atomic mass is 10.3. The summed E-state index contributed by atoms with van der Waals surface area (Å²) in [5.41, 5.74) is 1.01. The summed E-state index contributed by atoms with van der Waals surface area (Å²) in [6.45, 7) is 10.7. The summed E-state index contributed by atoms with van der Waals surface area (Å²) >= 11 is 1.77. The van der Waals surface area contributed by atoms with E-state index in [9.17, 15) is 0 Å². The second-order valence-electron chi connectivity index (χ2n) is 4.48. The first-order valence-electron chi connectivity index (χ1n) is 6.50. The lowest BCUT2D eigenvalue weighted by molar-refractivity contribution is 0.640. The van der Waals surface area contributed by atoms with Gasteiger partial charge in [-0.1, -0.05) is 13.0 Å². The van der Waals surface area contributed by atoms with Gasteiger partial charge in [0.1, 0.15) is 5.01 Å². The molecule has 1 N–H and O–H groups in total. The van der Waals surface area contributed by atoms with Gasteiger partial charge in [-0.3, -0.25) is 0 Å². The van der Waals surface area contributed by atoms with Gasteiger partial charge in [0.2, 0.25) is 5.95 Å². The summed E-state index contributed by atoms with van der Waals surface area (Å²) in [6, 6.07) is 0.193. The van der Waals surface area contributed by atoms with E-state index in [2.05, 4.69) is 46.5 Å². The van der Waals surface area contributed by atoms with Gasteiger partial charge in [-0.2, -0.15) is 0 Å². The van der Waals surface area contributed by atoms with E-state index >= 15 is 0 Å². The third kappa shape index (κ3) is 3.04. The van der Waals surface area contributed by atoms with E-state index in [-0.39, 0.29) is 6.04 Å². The molecule has 2 aromatic rings. The zero-order valence-electron chi connectivity index (χ0n) is 11.7. The molecule has 5 heteroatoms. The summed E-state index contributed by atoms with van der Waals surface area (Å²) in [7, 11) is 0. The fourth-order valence-electron chi connectivity index (χ4n) is 1.90. The van der Waals surface area contributed by atoms with Crippen LogP contribution >= 0.6 is 11.3 Å². The molecule has 0 aliphatic heterocycles. The van der Waals surface area contributed by atoms with Gasteiger partial charge in [-0.25, -0.2) is 9.97 Å². The van der Waals surface area contributed by atoms with Crippen LogP contribution in [0.2, 0.25) is 0 Å². The van der Waals surface area contributed by atoms with Gasteiger partial charge in [-0.15, -0.1) is 17.9 Å². The third-order valence-corrected chi connectivity index (χ3v) is 4.26. The molecule has 2 aromatic heterocycles. The first-order valence-corrected chi connectivity index (χ1v) is 7.32. The van der Waals surface area contributed by atoms with Crippen LogP contribution in [0.1, 0.15) is 35.5 Å². The van der Waals surface area contributed by atoms with Crippen LogP contribution in [0.4, 0.5) is 5.95 Å². The van der Waals surface area contributed by atoms with E-state index in [1.807, 2.05) is 19.2 Å². The number of nitrogens with zero attached hydrogens (tertiary/aromatic N) is 3. The highest BCUT2D eigenvalue weighted by atomic mass is 32.1. The SMILES string of the molecule is C=CCNc1nc(C)cn1C(C)c1ncc(CC)s1. The average molecular weight is 276 g/mol. The molecule has 0 fully saturated rings. The molecule has 0 saturated heterocycles. The van der Waals surface area contributed by atoms with Crippen molar-refractivity contribution in [3.8, 4) is 0 Å². The number of anilines is 1. The summed E-state index contributed by atoms with van der Waals surface area (Å²) in [5, 5.41) is 4.39. The van der Waals surface area contributed by atoms with Crippen LogP contribution in [0.15, 0.2) is 25.0 Å². The number of imidazole rings is 1. The number of thiazole rings is 1. The quantitative estimate of drug-likeness (QED) is 0.822. The Morgan fingerprint density at radius 1 is 1.58 bits per heavy atom. The van der Waals surface area contributed by atoms with Crippen LogP contribution in [0, 0.1) is 6.92 Å². The predicted molar refractivity (Wildman–Crippen MR) is 81.0 cm³/mol. The molecule has 102 valence electrons. The van der Waals surface area contributed by atoms with Crippen LogP contribution in [0.25, 0.3) is 0 Å². The standard InChI is InChI=1S/C14H20N4S/c1-5-7-15-14-17-10(3)9-18(14)11(4)13-16-8-12(6-2)19-13/h5,8-9,11H,1,6-7H2,2-4H3,(H,15,17). The van der Waals surface area contributed by atoms with Crippen molar-refractivity contribution in [1.82, 2.24) is 14.5 Å². The van der Waals surface area contributed by atoms with Gasteiger partial charge in [0.05, 0.1) is 11.7 Å². The van der Waals surface area contributed by atoms with Crippen LogP contribution < -0.4 is 5.32 Å². The van der Waals surface area contributed by atoms with Crippen molar-refractivity contribution in [3.05, 3.63) is 40.6 Å². The first kappa shape index (κ1) is 13.8. The van der Waals surface area contributed by atoms with E-state index in [1.54, 1.807) is 11.3 Å². The fraction of sp³-hybridized carbons (Fsp3) is 0.429. The van der Waals surface area contributed by atoms with Crippen LogP contribution in [-0.2, 0) is 6.42 Å². The van der Waals surface area contributed by atoms with E-state index in [4.69, 9.17) is 0 Å². The summed E-state index contributed by atoms with van der Waals surface area (Å²) in [4.78, 5) is 10.3. The molecular formula is C14H20N4S. The van der Waals surface area contributed by atoms with Gasteiger partial charge in [0, 0.05) is 23.8 Å². The van der Waals surface area contributed by atoms with Crippen molar-refractivity contribution in [2.75, 3.05) is 11.9 Å². The largest absolute Gasteiger partial charge is 0.352 e. The summed E-state index contributed by atoms with van der Waals surface area (Å²) in [6.07, 6.45) is 6.90. The number of nitrogens with one attached hydrogen (secondary N) is 1. The number of aryl methyl sites for hydroxylation is 2. The fourth-order valence-corrected chi connectivity index (χ4v) is 2.81. The highest BCUT2D eigenvalue weighted by molar-refractivity contribution is 7.11. The molecule has 0 amide bonds. The second kappa shape index (κ2) is 6.02. The number of rotatable bonds is 6. The smallest absolute Gasteiger partial charge is 0.203 e. The maximum Gasteiger partial charge on any atom is 0.203 e. The number of hydrogen-bond acceptors (Lipinski definition) is 4. The maximum absolute atomic E-state index is 4.52.